The molecule has 1 amide bonds. The summed E-state index contributed by atoms with van der Waals surface area (Å²) in [5.74, 6) is 0.125. The number of thioether (sulfide) groups is 1. The number of nitrogens with zero attached hydrogens (tertiary/aromatic N) is 1. The number of hydrogen-bond donors (Lipinski definition) is 2. The van der Waals surface area contributed by atoms with E-state index < -0.39 is 6.29 Å². The highest BCUT2D eigenvalue weighted by atomic mass is 32.2. The first-order valence-corrected chi connectivity index (χ1v) is 14.2. The Morgan fingerprint density at radius 2 is 1.73 bits per heavy atom. The van der Waals surface area contributed by atoms with Crippen LogP contribution in [-0.4, -0.2) is 28.7 Å². The van der Waals surface area contributed by atoms with Crippen molar-refractivity contribution < 1.29 is 28.9 Å². The lowest BCUT2D eigenvalue weighted by Crippen LogP contribution is -2.32. The molecule has 1 saturated heterocycles. The molecule has 5 rings (SSSR count). The number of hydrogen-bond acceptors (Lipinski definition) is 7. The van der Waals surface area contributed by atoms with Crippen molar-refractivity contribution in [3.8, 4) is 0 Å². The number of nitrogens with one attached hydrogen (secondary N) is 1. The fourth-order valence-electron chi connectivity index (χ4n) is 4.57. The third-order valence-electron chi connectivity index (χ3n) is 6.77. The van der Waals surface area contributed by atoms with Gasteiger partial charge in [0.15, 0.2) is 18.3 Å². The van der Waals surface area contributed by atoms with E-state index in [-0.39, 0.29) is 30.5 Å². The lowest BCUT2D eigenvalue weighted by atomic mass is 10.0. The number of rotatable bonds is 9. The van der Waals surface area contributed by atoms with Crippen LogP contribution in [0.5, 0.6) is 0 Å². The summed E-state index contributed by atoms with van der Waals surface area (Å²) in [5.41, 5.74) is 3.89. The standard InChI is InChI=1S/C32H30N2O6S/c1-21(36)24-6-5-9-27(17-24)33-31(37)25-7-4-8-26(16-25)32-39-28(20-41-30-10-2-3-15-34(30)38)18-29(40-32)23-13-11-22(19-35)12-14-23/h2-17,28-29,32,35H,18-20H2,1H3,(H,33,37)/t28-,29+,32?/m0/s1. The Balaban J connectivity index is 1.36. The third kappa shape index (κ3) is 7.20. The number of ether oxygens (including phenoxy) is 2. The monoisotopic (exact) mass is 570 g/mol. The fourth-order valence-corrected chi connectivity index (χ4v) is 5.51. The number of anilines is 1. The minimum absolute atomic E-state index is 0.0447. The fraction of sp³-hybridized carbons (Fsp3) is 0.219. The van der Waals surface area contributed by atoms with Crippen LogP contribution in [0.3, 0.4) is 0 Å². The van der Waals surface area contributed by atoms with Gasteiger partial charge in [0.25, 0.3) is 10.9 Å². The van der Waals surface area contributed by atoms with E-state index in [0.29, 0.717) is 39.6 Å². The number of aliphatic hydroxyl groups is 1. The molecule has 41 heavy (non-hydrogen) atoms. The van der Waals surface area contributed by atoms with Crippen molar-refractivity contribution in [1.82, 2.24) is 0 Å². The molecule has 0 saturated carbocycles. The molecule has 2 N–H and O–H groups in total. The Bertz CT molecular complexity index is 1530. The van der Waals surface area contributed by atoms with Gasteiger partial charge in [-0.3, -0.25) is 9.59 Å². The number of carbonyl (C=O) groups is 2. The Morgan fingerprint density at radius 1 is 0.951 bits per heavy atom. The highest BCUT2D eigenvalue weighted by Crippen LogP contribution is 2.39. The van der Waals surface area contributed by atoms with Gasteiger partial charge in [-0.05, 0) is 48.4 Å². The van der Waals surface area contributed by atoms with E-state index in [9.17, 15) is 19.9 Å². The summed E-state index contributed by atoms with van der Waals surface area (Å²) < 4.78 is 13.6. The van der Waals surface area contributed by atoms with E-state index in [4.69, 9.17) is 9.47 Å². The van der Waals surface area contributed by atoms with Gasteiger partial charge in [-0.25, -0.2) is 0 Å². The van der Waals surface area contributed by atoms with Gasteiger partial charge < -0.3 is 25.1 Å². The van der Waals surface area contributed by atoms with Gasteiger partial charge in [0.05, 0.1) is 18.8 Å². The summed E-state index contributed by atoms with van der Waals surface area (Å²) in [6.45, 7) is 1.43. The van der Waals surface area contributed by atoms with Gasteiger partial charge in [0, 0.05) is 46.7 Å². The molecule has 1 aromatic heterocycles. The zero-order valence-electron chi connectivity index (χ0n) is 22.4. The van der Waals surface area contributed by atoms with Crippen molar-refractivity contribution in [1.29, 1.82) is 0 Å². The molecule has 3 atom stereocenters. The van der Waals surface area contributed by atoms with E-state index in [1.807, 2.05) is 36.4 Å². The van der Waals surface area contributed by atoms with Crippen molar-refractivity contribution in [2.24, 2.45) is 0 Å². The molecular weight excluding hydrogens is 540 g/mol. The van der Waals surface area contributed by atoms with E-state index in [1.54, 1.807) is 54.6 Å². The molecular formula is C32H30N2O6S. The van der Waals surface area contributed by atoms with Crippen LogP contribution in [0.1, 0.15) is 63.1 Å². The first kappa shape index (κ1) is 28.5. The van der Waals surface area contributed by atoms with E-state index in [0.717, 1.165) is 15.9 Å². The highest BCUT2D eigenvalue weighted by Gasteiger charge is 2.33. The normalized spacial score (nSPS) is 18.5. The number of aromatic nitrogens is 1. The second-order valence-corrected chi connectivity index (χ2v) is 10.8. The Labute approximate surface area is 242 Å². The molecule has 1 fully saturated rings. The van der Waals surface area contributed by atoms with Gasteiger partial charge in [0.2, 0.25) is 0 Å². The molecule has 4 aromatic rings. The van der Waals surface area contributed by atoms with Crippen LogP contribution in [0.25, 0.3) is 0 Å². The van der Waals surface area contributed by atoms with Crippen LogP contribution in [0, 0.1) is 5.21 Å². The first-order valence-electron chi connectivity index (χ1n) is 13.2. The van der Waals surface area contributed by atoms with Gasteiger partial charge in [0.1, 0.15) is 0 Å². The zero-order valence-corrected chi connectivity index (χ0v) is 23.3. The summed E-state index contributed by atoms with van der Waals surface area (Å²) in [6, 6.07) is 26.7. The van der Waals surface area contributed by atoms with Crippen molar-refractivity contribution in [2.45, 2.75) is 43.5 Å². The number of pyridine rings is 1. The van der Waals surface area contributed by atoms with Crippen LogP contribution >= 0.6 is 11.8 Å². The molecule has 0 bridgehead atoms. The Morgan fingerprint density at radius 3 is 2.49 bits per heavy atom. The SMILES string of the molecule is CC(=O)c1cccc(NC(=O)c2cccc(C3O[C@H](CSc4cccc[n+]4[O-])C[C@H](c4ccc(CO)cc4)O3)c2)c1. The summed E-state index contributed by atoms with van der Waals surface area (Å²) in [6.07, 6.45) is 0.748. The van der Waals surface area contributed by atoms with Gasteiger partial charge in [-0.2, -0.15) is 4.73 Å². The van der Waals surface area contributed by atoms with Crippen LogP contribution in [-0.2, 0) is 16.1 Å². The molecule has 1 unspecified atom stereocenters. The molecule has 1 aliphatic rings. The second-order valence-electron chi connectivity index (χ2n) is 9.74. The minimum Gasteiger partial charge on any atom is -0.618 e. The maximum Gasteiger partial charge on any atom is 0.255 e. The molecule has 1 aliphatic heterocycles. The molecule has 2 heterocycles. The maximum absolute atomic E-state index is 13.1. The number of ketones is 1. The quantitative estimate of drug-likeness (QED) is 0.117. The molecule has 0 radical (unpaired) electrons. The van der Waals surface area contributed by atoms with Crippen molar-refractivity contribution in [2.75, 3.05) is 11.1 Å². The Hall–Kier alpha value is -4.02. The van der Waals surface area contributed by atoms with Crippen molar-refractivity contribution >= 4 is 29.1 Å². The number of Topliss-reactive ketones (excluding diaryl/α,β-unsaturated/α-hetero) is 1. The minimum atomic E-state index is -0.749. The first-order chi connectivity index (χ1) is 19.9. The predicted molar refractivity (Wildman–Crippen MR) is 155 cm³/mol. The maximum atomic E-state index is 13.1. The van der Waals surface area contributed by atoms with Crippen LogP contribution in [0.2, 0.25) is 0 Å². The predicted octanol–water partition coefficient (Wildman–Crippen LogP) is 5.60. The van der Waals surface area contributed by atoms with Crippen molar-refractivity contribution in [3.05, 3.63) is 130 Å². The molecule has 210 valence electrons. The topological polar surface area (TPSA) is 112 Å². The summed E-state index contributed by atoms with van der Waals surface area (Å²) in [5, 5.41) is 25.0. The van der Waals surface area contributed by atoms with Gasteiger partial charge in [-0.15, -0.1) is 0 Å². The van der Waals surface area contributed by atoms with Gasteiger partial charge >= 0.3 is 0 Å². The average molecular weight is 571 g/mol. The Kier molecular flexibility index (Phi) is 9.11. The average Bonchev–Trinajstić information content (AvgIpc) is 3.00. The van der Waals surface area contributed by atoms with Crippen LogP contribution < -0.4 is 10.0 Å². The number of carbonyl (C=O) groups excluding carboxylic acids is 2. The van der Waals surface area contributed by atoms with Crippen molar-refractivity contribution in [3.63, 3.8) is 0 Å². The summed E-state index contributed by atoms with van der Waals surface area (Å²) in [4.78, 5) is 24.8. The molecule has 0 spiro atoms. The number of amides is 1. The number of benzene rings is 3. The lowest BCUT2D eigenvalue weighted by molar-refractivity contribution is -0.645. The number of aliphatic hydroxyl groups excluding tert-OH is 1. The lowest BCUT2D eigenvalue weighted by Gasteiger charge is -2.36. The van der Waals surface area contributed by atoms with Gasteiger partial charge in [-0.1, -0.05) is 60.3 Å². The van der Waals surface area contributed by atoms with E-state index in [2.05, 4.69) is 5.32 Å². The summed E-state index contributed by atoms with van der Waals surface area (Å²) >= 11 is 1.42. The third-order valence-corrected chi connectivity index (χ3v) is 7.92. The second kappa shape index (κ2) is 13.1. The van der Waals surface area contributed by atoms with E-state index in [1.165, 1.54) is 24.9 Å². The molecule has 0 aliphatic carbocycles. The van der Waals surface area contributed by atoms with E-state index >= 15 is 0 Å². The van der Waals surface area contributed by atoms with Crippen LogP contribution in [0.4, 0.5) is 5.69 Å². The molecule has 9 heteroatoms. The smallest absolute Gasteiger partial charge is 0.255 e. The van der Waals surface area contributed by atoms with Crippen LogP contribution in [0.15, 0.2) is 102 Å². The zero-order chi connectivity index (χ0) is 28.8. The highest BCUT2D eigenvalue weighted by molar-refractivity contribution is 7.99. The molecule has 3 aromatic carbocycles. The largest absolute Gasteiger partial charge is 0.618 e. The summed E-state index contributed by atoms with van der Waals surface area (Å²) in [7, 11) is 0. The molecule has 8 nitrogen and oxygen atoms in total.